The lowest BCUT2D eigenvalue weighted by atomic mass is 10.0. The molecule has 0 amide bonds. The van der Waals surface area contributed by atoms with Crippen molar-refractivity contribution in [3.05, 3.63) is 66.5 Å². The van der Waals surface area contributed by atoms with E-state index in [4.69, 9.17) is 9.47 Å². The van der Waals surface area contributed by atoms with Crippen molar-refractivity contribution >= 4 is 11.8 Å². The van der Waals surface area contributed by atoms with E-state index >= 15 is 0 Å². The zero-order valence-electron chi connectivity index (χ0n) is 13.7. The van der Waals surface area contributed by atoms with E-state index in [0.29, 0.717) is 6.61 Å². The molecule has 3 aromatic rings. The first kappa shape index (κ1) is 16.1. The van der Waals surface area contributed by atoms with Crippen molar-refractivity contribution in [2.75, 3.05) is 13.7 Å². The molecule has 0 aliphatic carbocycles. The summed E-state index contributed by atoms with van der Waals surface area (Å²) in [6.07, 6.45) is 3.08. The number of aliphatic hydroxyl groups is 1. The molecule has 2 atom stereocenters. The van der Waals surface area contributed by atoms with Gasteiger partial charge < -0.3 is 14.6 Å². The summed E-state index contributed by atoms with van der Waals surface area (Å²) in [5, 5.41) is 11.4. The van der Waals surface area contributed by atoms with E-state index in [0.717, 1.165) is 27.9 Å². The number of para-hydroxylation sites is 1. The zero-order valence-corrected chi connectivity index (χ0v) is 14.5. The molecule has 0 saturated heterocycles. The maximum atomic E-state index is 10.7. The van der Waals surface area contributed by atoms with E-state index in [1.165, 1.54) is 11.8 Å². The van der Waals surface area contributed by atoms with Crippen LogP contribution in [0.5, 0.6) is 11.5 Å². The van der Waals surface area contributed by atoms with Crippen molar-refractivity contribution < 1.29 is 14.6 Å². The smallest absolute Gasteiger partial charge is 0.173 e. The van der Waals surface area contributed by atoms with Gasteiger partial charge in [-0.1, -0.05) is 30.0 Å². The van der Waals surface area contributed by atoms with Crippen LogP contribution < -0.4 is 9.47 Å². The fourth-order valence-corrected chi connectivity index (χ4v) is 3.95. The maximum Gasteiger partial charge on any atom is 0.173 e. The average Bonchev–Trinajstić information content (AvgIpc) is 3.12. The van der Waals surface area contributed by atoms with Crippen molar-refractivity contribution in [1.82, 2.24) is 9.55 Å². The lowest BCUT2D eigenvalue weighted by Gasteiger charge is -2.29. The number of rotatable bonds is 4. The van der Waals surface area contributed by atoms with Gasteiger partial charge in [-0.2, -0.15) is 0 Å². The Morgan fingerprint density at radius 1 is 1.20 bits per heavy atom. The molecule has 25 heavy (non-hydrogen) atoms. The van der Waals surface area contributed by atoms with E-state index in [-0.39, 0.29) is 5.25 Å². The summed E-state index contributed by atoms with van der Waals surface area (Å²) in [6, 6.07) is 15.4. The zero-order chi connectivity index (χ0) is 17.2. The molecule has 0 saturated carbocycles. The van der Waals surface area contributed by atoms with Crippen LogP contribution in [-0.4, -0.2) is 33.6 Å². The van der Waals surface area contributed by atoms with Crippen LogP contribution in [0, 0.1) is 0 Å². The summed E-state index contributed by atoms with van der Waals surface area (Å²) in [5.74, 6) is 1.57. The quantitative estimate of drug-likeness (QED) is 0.777. The van der Waals surface area contributed by atoms with Crippen LogP contribution >= 0.6 is 11.8 Å². The average molecular weight is 354 g/mol. The Morgan fingerprint density at radius 3 is 2.80 bits per heavy atom. The van der Waals surface area contributed by atoms with Crippen LogP contribution in [0.2, 0.25) is 0 Å². The number of nitrogens with zero attached hydrogens (tertiary/aromatic N) is 2. The Labute approximate surface area is 150 Å². The third-order valence-electron chi connectivity index (χ3n) is 4.21. The molecule has 1 aliphatic heterocycles. The van der Waals surface area contributed by atoms with Gasteiger partial charge in [0.1, 0.15) is 18.1 Å². The summed E-state index contributed by atoms with van der Waals surface area (Å²) < 4.78 is 13.0. The number of hydrogen-bond acceptors (Lipinski definition) is 5. The predicted octanol–water partition coefficient (Wildman–Crippen LogP) is 3.47. The van der Waals surface area contributed by atoms with E-state index in [9.17, 15) is 5.11 Å². The lowest BCUT2D eigenvalue weighted by Crippen LogP contribution is -2.28. The van der Waals surface area contributed by atoms with Gasteiger partial charge in [0, 0.05) is 23.6 Å². The molecule has 2 aromatic carbocycles. The summed E-state index contributed by atoms with van der Waals surface area (Å²) in [6.45, 7) is 0.443. The Hall–Kier alpha value is -2.44. The van der Waals surface area contributed by atoms with Crippen LogP contribution in [0.25, 0.3) is 5.69 Å². The van der Waals surface area contributed by atoms with Gasteiger partial charge in [0.15, 0.2) is 5.16 Å². The monoisotopic (exact) mass is 354 g/mol. The highest BCUT2D eigenvalue weighted by atomic mass is 32.2. The number of ether oxygens (including phenoxy) is 2. The van der Waals surface area contributed by atoms with Crippen molar-refractivity contribution in [3.8, 4) is 17.2 Å². The highest BCUT2D eigenvalue weighted by Crippen LogP contribution is 2.39. The number of aromatic nitrogens is 2. The summed E-state index contributed by atoms with van der Waals surface area (Å²) in [4.78, 5) is 4.45. The topological polar surface area (TPSA) is 56.5 Å². The molecule has 6 heteroatoms. The Kier molecular flexibility index (Phi) is 4.38. The maximum absolute atomic E-state index is 10.7. The van der Waals surface area contributed by atoms with Gasteiger partial charge in [-0.25, -0.2) is 4.98 Å². The molecular weight excluding hydrogens is 336 g/mol. The number of thioether (sulfide) groups is 1. The SMILES string of the molecule is COc1ccc(-n2ccnc2SC2COc3ccccc3C2O)cc1. The highest BCUT2D eigenvalue weighted by Gasteiger charge is 2.31. The second-order valence-corrected chi connectivity index (χ2v) is 6.93. The van der Waals surface area contributed by atoms with Gasteiger partial charge >= 0.3 is 0 Å². The number of imidazole rings is 1. The molecule has 1 aromatic heterocycles. The van der Waals surface area contributed by atoms with Crippen LogP contribution in [0.1, 0.15) is 11.7 Å². The first-order chi connectivity index (χ1) is 12.3. The molecule has 1 N–H and O–H groups in total. The third-order valence-corrected chi connectivity index (χ3v) is 5.42. The summed E-state index contributed by atoms with van der Waals surface area (Å²) >= 11 is 1.52. The number of aliphatic hydroxyl groups excluding tert-OH is 1. The largest absolute Gasteiger partial charge is 0.497 e. The highest BCUT2D eigenvalue weighted by molar-refractivity contribution is 7.99. The Bertz CT molecular complexity index is 863. The molecule has 0 radical (unpaired) electrons. The number of methoxy groups -OCH3 is 1. The van der Waals surface area contributed by atoms with Crippen molar-refractivity contribution in [3.63, 3.8) is 0 Å². The molecule has 4 rings (SSSR count). The molecule has 2 unspecified atom stereocenters. The number of benzene rings is 2. The van der Waals surface area contributed by atoms with Gasteiger partial charge in [-0.3, -0.25) is 4.57 Å². The fourth-order valence-electron chi connectivity index (χ4n) is 2.87. The van der Waals surface area contributed by atoms with E-state index in [1.807, 2.05) is 59.3 Å². The third kappa shape index (κ3) is 3.10. The van der Waals surface area contributed by atoms with Crippen LogP contribution in [0.15, 0.2) is 66.1 Å². The van der Waals surface area contributed by atoms with Crippen molar-refractivity contribution in [2.24, 2.45) is 0 Å². The van der Waals surface area contributed by atoms with Crippen LogP contribution in [0.3, 0.4) is 0 Å². The van der Waals surface area contributed by atoms with E-state index < -0.39 is 6.10 Å². The minimum Gasteiger partial charge on any atom is -0.497 e. The molecule has 0 spiro atoms. The molecule has 0 bridgehead atoms. The van der Waals surface area contributed by atoms with Crippen molar-refractivity contribution in [2.45, 2.75) is 16.5 Å². The Morgan fingerprint density at radius 2 is 2.00 bits per heavy atom. The number of hydrogen-bond donors (Lipinski definition) is 1. The first-order valence-corrected chi connectivity index (χ1v) is 8.88. The minimum atomic E-state index is -0.587. The lowest BCUT2D eigenvalue weighted by molar-refractivity contribution is 0.122. The molecule has 2 heterocycles. The second kappa shape index (κ2) is 6.82. The normalized spacial score (nSPS) is 19.1. The summed E-state index contributed by atoms with van der Waals surface area (Å²) in [5.41, 5.74) is 1.82. The van der Waals surface area contributed by atoms with Crippen LogP contribution in [-0.2, 0) is 0 Å². The van der Waals surface area contributed by atoms with E-state index in [1.54, 1.807) is 13.3 Å². The minimum absolute atomic E-state index is 0.116. The Balaban J connectivity index is 1.57. The molecule has 0 fully saturated rings. The van der Waals surface area contributed by atoms with Gasteiger partial charge in [-0.15, -0.1) is 0 Å². The van der Waals surface area contributed by atoms with Gasteiger partial charge in [0.2, 0.25) is 0 Å². The van der Waals surface area contributed by atoms with Gasteiger partial charge in [0.05, 0.1) is 18.5 Å². The first-order valence-electron chi connectivity index (χ1n) is 8.00. The van der Waals surface area contributed by atoms with E-state index in [2.05, 4.69) is 4.98 Å². The second-order valence-electron chi connectivity index (χ2n) is 5.73. The predicted molar refractivity (Wildman–Crippen MR) is 96.7 cm³/mol. The molecule has 5 nitrogen and oxygen atoms in total. The molecule has 128 valence electrons. The molecular formula is C19H18N2O3S. The molecule has 1 aliphatic rings. The fraction of sp³-hybridized carbons (Fsp3) is 0.211. The van der Waals surface area contributed by atoms with Crippen LogP contribution in [0.4, 0.5) is 0 Å². The number of fused-ring (bicyclic) bond motifs is 1. The summed E-state index contributed by atoms with van der Waals surface area (Å²) in [7, 11) is 1.65. The van der Waals surface area contributed by atoms with Crippen molar-refractivity contribution in [1.29, 1.82) is 0 Å². The standard InChI is InChI=1S/C19H18N2O3S/c1-23-14-8-6-13(7-9-14)21-11-10-20-19(21)25-17-12-24-16-5-3-2-4-15(16)18(17)22/h2-11,17-18,22H,12H2,1H3. The van der Waals surface area contributed by atoms with Gasteiger partial charge in [0.25, 0.3) is 0 Å². The van der Waals surface area contributed by atoms with Gasteiger partial charge in [-0.05, 0) is 30.3 Å².